The van der Waals surface area contributed by atoms with Gasteiger partial charge in [-0.15, -0.1) is 11.3 Å². The molecule has 0 bridgehead atoms. The van der Waals surface area contributed by atoms with E-state index in [2.05, 4.69) is 27.0 Å². The minimum Gasteiger partial charge on any atom is -0.242 e. The number of rotatable bonds is 0. The SMILES string of the molecule is Cc1cc(C)c2c(Br)c(C#N)sc2n1. The van der Waals surface area contributed by atoms with Gasteiger partial charge in [-0.2, -0.15) is 5.26 Å². The van der Waals surface area contributed by atoms with E-state index in [1.807, 2.05) is 19.9 Å². The van der Waals surface area contributed by atoms with E-state index in [-0.39, 0.29) is 0 Å². The van der Waals surface area contributed by atoms with Gasteiger partial charge in [-0.05, 0) is 41.4 Å². The molecule has 2 nitrogen and oxygen atoms in total. The average Bonchev–Trinajstić information content (AvgIpc) is 2.42. The number of halogens is 1. The van der Waals surface area contributed by atoms with Crippen LogP contribution < -0.4 is 0 Å². The number of nitrogens with zero attached hydrogens (tertiary/aromatic N) is 2. The fourth-order valence-electron chi connectivity index (χ4n) is 1.47. The van der Waals surface area contributed by atoms with Crippen LogP contribution in [0.1, 0.15) is 16.1 Å². The molecule has 0 radical (unpaired) electrons. The molecule has 0 aliphatic rings. The maximum Gasteiger partial charge on any atom is 0.126 e. The first-order valence-electron chi connectivity index (χ1n) is 4.10. The number of thiophene rings is 1. The molecule has 0 aliphatic carbocycles. The van der Waals surface area contributed by atoms with Crippen molar-refractivity contribution in [3.8, 4) is 6.07 Å². The summed E-state index contributed by atoms with van der Waals surface area (Å²) in [5.74, 6) is 0. The van der Waals surface area contributed by atoms with Gasteiger partial charge in [0.05, 0.1) is 4.47 Å². The van der Waals surface area contributed by atoms with E-state index in [0.717, 1.165) is 25.9 Å². The Morgan fingerprint density at radius 2 is 2.21 bits per heavy atom. The lowest BCUT2D eigenvalue weighted by Gasteiger charge is -1.98. The molecule has 0 unspecified atom stereocenters. The number of hydrogen-bond acceptors (Lipinski definition) is 3. The largest absolute Gasteiger partial charge is 0.242 e. The Labute approximate surface area is 94.3 Å². The van der Waals surface area contributed by atoms with Crippen molar-refractivity contribution in [2.24, 2.45) is 0 Å². The van der Waals surface area contributed by atoms with Crippen LogP contribution in [0.3, 0.4) is 0 Å². The number of hydrogen-bond donors (Lipinski definition) is 0. The Morgan fingerprint density at radius 1 is 1.50 bits per heavy atom. The van der Waals surface area contributed by atoms with E-state index in [9.17, 15) is 0 Å². The number of nitriles is 1. The topological polar surface area (TPSA) is 36.7 Å². The summed E-state index contributed by atoms with van der Waals surface area (Å²) in [5, 5.41) is 9.95. The summed E-state index contributed by atoms with van der Waals surface area (Å²) in [6.07, 6.45) is 0. The highest BCUT2D eigenvalue weighted by Gasteiger charge is 2.12. The standard InChI is InChI=1S/C10H7BrN2S/c1-5-3-6(2)13-10-8(5)9(11)7(4-12)14-10/h3H,1-2H3. The quantitative estimate of drug-likeness (QED) is 0.731. The molecule has 70 valence electrons. The Kier molecular flexibility index (Phi) is 2.30. The molecular weight excluding hydrogens is 260 g/mol. The van der Waals surface area contributed by atoms with Crippen LogP contribution in [-0.4, -0.2) is 4.98 Å². The van der Waals surface area contributed by atoms with Crippen molar-refractivity contribution < 1.29 is 0 Å². The van der Waals surface area contributed by atoms with Gasteiger partial charge in [-0.1, -0.05) is 0 Å². The van der Waals surface area contributed by atoms with Crippen molar-refractivity contribution in [3.63, 3.8) is 0 Å². The molecule has 4 heteroatoms. The van der Waals surface area contributed by atoms with Gasteiger partial charge in [0.2, 0.25) is 0 Å². The van der Waals surface area contributed by atoms with E-state index in [1.165, 1.54) is 11.3 Å². The van der Waals surface area contributed by atoms with Crippen LogP contribution in [0, 0.1) is 25.2 Å². The van der Waals surface area contributed by atoms with Crippen LogP contribution >= 0.6 is 27.3 Å². The fourth-order valence-corrected chi connectivity index (χ4v) is 3.42. The number of fused-ring (bicyclic) bond motifs is 1. The van der Waals surface area contributed by atoms with Gasteiger partial charge in [0, 0.05) is 11.1 Å². The van der Waals surface area contributed by atoms with Crippen molar-refractivity contribution in [2.45, 2.75) is 13.8 Å². The molecule has 2 aromatic heterocycles. The van der Waals surface area contributed by atoms with Gasteiger partial charge in [0.25, 0.3) is 0 Å². The monoisotopic (exact) mass is 266 g/mol. The van der Waals surface area contributed by atoms with E-state index >= 15 is 0 Å². The Balaban J connectivity index is 2.94. The van der Waals surface area contributed by atoms with Gasteiger partial charge in [-0.3, -0.25) is 0 Å². The molecule has 14 heavy (non-hydrogen) atoms. The molecule has 0 N–H and O–H groups in total. The van der Waals surface area contributed by atoms with Crippen LogP contribution in [-0.2, 0) is 0 Å². The first-order chi connectivity index (χ1) is 6.63. The van der Waals surface area contributed by atoms with Crippen LogP contribution in [0.5, 0.6) is 0 Å². The van der Waals surface area contributed by atoms with E-state index in [1.54, 1.807) is 0 Å². The van der Waals surface area contributed by atoms with Crippen molar-refractivity contribution in [1.82, 2.24) is 4.98 Å². The third-order valence-corrected chi connectivity index (χ3v) is 4.07. The number of aryl methyl sites for hydroxylation is 2. The molecule has 0 aromatic carbocycles. The van der Waals surface area contributed by atoms with Gasteiger partial charge in [0.15, 0.2) is 0 Å². The first-order valence-corrected chi connectivity index (χ1v) is 5.70. The lowest BCUT2D eigenvalue weighted by molar-refractivity contribution is 1.25. The predicted molar refractivity (Wildman–Crippen MR) is 61.5 cm³/mol. The minimum absolute atomic E-state index is 0.696. The second-order valence-electron chi connectivity index (χ2n) is 3.12. The molecule has 0 spiro atoms. The van der Waals surface area contributed by atoms with Crippen molar-refractivity contribution >= 4 is 37.5 Å². The van der Waals surface area contributed by atoms with Gasteiger partial charge < -0.3 is 0 Å². The zero-order valence-electron chi connectivity index (χ0n) is 7.76. The highest BCUT2D eigenvalue weighted by Crippen LogP contribution is 2.36. The zero-order valence-corrected chi connectivity index (χ0v) is 10.2. The van der Waals surface area contributed by atoms with E-state index < -0.39 is 0 Å². The average molecular weight is 267 g/mol. The Morgan fingerprint density at radius 3 is 2.86 bits per heavy atom. The molecule has 2 rings (SSSR count). The highest BCUT2D eigenvalue weighted by molar-refractivity contribution is 9.10. The summed E-state index contributed by atoms with van der Waals surface area (Å²) in [4.78, 5) is 6.03. The van der Waals surface area contributed by atoms with Gasteiger partial charge >= 0.3 is 0 Å². The van der Waals surface area contributed by atoms with Gasteiger partial charge in [0.1, 0.15) is 15.8 Å². The maximum absolute atomic E-state index is 8.88. The summed E-state index contributed by atoms with van der Waals surface area (Å²) >= 11 is 4.87. The van der Waals surface area contributed by atoms with Crippen LogP contribution in [0.25, 0.3) is 10.2 Å². The zero-order chi connectivity index (χ0) is 10.3. The van der Waals surface area contributed by atoms with E-state index in [0.29, 0.717) is 4.88 Å². The van der Waals surface area contributed by atoms with Crippen LogP contribution in [0.2, 0.25) is 0 Å². The normalized spacial score (nSPS) is 10.4. The van der Waals surface area contributed by atoms with Crippen LogP contribution in [0.4, 0.5) is 0 Å². The van der Waals surface area contributed by atoms with E-state index in [4.69, 9.17) is 5.26 Å². The molecule has 2 heterocycles. The molecule has 0 saturated heterocycles. The molecule has 2 aromatic rings. The lowest BCUT2D eigenvalue weighted by Crippen LogP contribution is -1.83. The second kappa shape index (κ2) is 3.34. The molecular formula is C10H7BrN2S. The summed E-state index contributed by atoms with van der Waals surface area (Å²) in [6.45, 7) is 4.00. The first kappa shape index (κ1) is 9.63. The molecule has 0 atom stereocenters. The Bertz CT molecular complexity index is 551. The third kappa shape index (κ3) is 1.33. The minimum atomic E-state index is 0.696. The summed E-state index contributed by atoms with van der Waals surface area (Å²) in [5.41, 5.74) is 2.16. The van der Waals surface area contributed by atoms with Crippen LogP contribution in [0.15, 0.2) is 10.5 Å². The molecule has 0 aliphatic heterocycles. The van der Waals surface area contributed by atoms with Gasteiger partial charge in [-0.25, -0.2) is 4.98 Å². The van der Waals surface area contributed by atoms with Crippen molar-refractivity contribution in [1.29, 1.82) is 5.26 Å². The molecule has 0 saturated carbocycles. The third-order valence-electron chi connectivity index (χ3n) is 2.03. The molecule has 0 amide bonds. The summed E-state index contributed by atoms with van der Waals surface area (Å²) in [7, 11) is 0. The smallest absolute Gasteiger partial charge is 0.126 e. The second-order valence-corrected chi connectivity index (χ2v) is 4.91. The molecule has 0 fully saturated rings. The lowest BCUT2D eigenvalue weighted by atomic mass is 10.2. The van der Waals surface area contributed by atoms with Crippen molar-refractivity contribution in [2.75, 3.05) is 0 Å². The highest BCUT2D eigenvalue weighted by atomic mass is 79.9. The fraction of sp³-hybridized carbons (Fsp3) is 0.200. The summed E-state index contributed by atoms with van der Waals surface area (Å²) < 4.78 is 0.880. The predicted octanol–water partition coefficient (Wildman–Crippen LogP) is 3.55. The maximum atomic E-state index is 8.88. The van der Waals surface area contributed by atoms with Crippen molar-refractivity contribution in [3.05, 3.63) is 26.7 Å². The number of pyridine rings is 1. The Hall–Kier alpha value is -0.920. The summed E-state index contributed by atoms with van der Waals surface area (Å²) in [6, 6.07) is 4.19. The number of aromatic nitrogens is 1.